The highest BCUT2D eigenvalue weighted by molar-refractivity contribution is 7.92. The second-order valence-electron chi connectivity index (χ2n) is 7.51. The second kappa shape index (κ2) is 11.2. The lowest BCUT2D eigenvalue weighted by molar-refractivity contribution is -0.125. The maximum atomic E-state index is 13.3. The molecular formula is C23H27ClN2O5S. The van der Waals surface area contributed by atoms with Gasteiger partial charge in [0.05, 0.1) is 22.7 Å². The van der Waals surface area contributed by atoms with Gasteiger partial charge in [-0.05, 0) is 55.3 Å². The van der Waals surface area contributed by atoms with Crippen LogP contribution in [0, 0.1) is 5.92 Å². The molecule has 172 valence electrons. The quantitative estimate of drug-likeness (QED) is 0.411. The number of carbonyl (C=O) groups is 2. The fourth-order valence-corrected chi connectivity index (χ4v) is 4.26. The Labute approximate surface area is 194 Å². The summed E-state index contributed by atoms with van der Waals surface area (Å²) in [5.41, 5.74) is 0.420. The van der Waals surface area contributed by atoms with Gasteiger partial charge in [-0.25, -0.2) is 13.2 Å². The molecule has 0 aliphatic heterocycles. The maximum absolute atomic E-state index is 13.3. The van der Waals surface area contributed by atoms with Gasteiger partial charge in [-0.1, -0.05) is 37.6 Å². The van der Waals surface area contributed by atoms with Crippen molar-refractivity contribution in [3.05, 3.63) is 71.8 Å². The summed E-state index contributed by atoms with van der Waals surface area (Å²) in [5.74, 6) is -0.991. The molecule has 0 radical (unpaired) electrons. The third-order valence-electron chi connectivity index (χ3n) is 4.79. The summed E-state index contributed by atoms with van der Waals surface area (Å²) >= 11 is 5.91. The Morgan fingerprint density at radius 1 is 1.16 bits per heavy atom. The van der Waals surface area contributed by atoms with Crippen LogP contribution in [0.5, 0.6) is 0 Å². The van der Waals surface area contributed by atoms with E-state index in [4.69, 9.17) is 16.3 Å². The molecule has 32 heavy (non-hydrogen) atoms. The van der Waals surface area contributed by atoms with Gasteiger partial charge in [0, 0.05) is 11.1 Å². The van der Waals surface area contributed by atoms with Crippen molar-refractivity contribution < 1.29 is 22.7 Å². The Balaban J connectivity index is 2.20. The molecular weight excluding hydrogens is 452 g/mol. The standard InChI is InChI=1S/C23H27ClN2O5S/c1-5-13-26(20-11-9-19(24)10-12-20)32(29,30)21-8-6-7-18(14-21)23(28)31-15-22(27)25-17(4)16(2)3/h5-12,14,16-17H,1,13,15H2,2-4H3,(H,25,27). The number of hydrogen-bond acceptors (Lipinski definition) is 5. The number of amides is 1. The molecule has 7 nitrogen and oxygen atoms in total. The van der Waals surface area contributed by atoms with Crippen molar-refractivity contribution >= 4 is 39.2 Å². The van der Waals surface area contributed by atoms with Gasteiger partial charge in [-0.2, -0.15) is 0 Å². The molecule has 1 amide bonds. The second-order valence-corrected chi connectivity index (χ2v) is 9.80. The summed E-state index contributed by atoms with van der Waals surface area (Å²) in [6, 6.07) is 11.7. The Hall–Kier alpha value is -2.84. The minimum absolute atomic E-state index is 0.0189. The van der Waals surface area contributed by atoms with E-state index < -0.39 is 28.5 Å². The van der Waals surface area contributed by atoms with Crippen LogP contribution >= 0.6 is 11.6 Å². The number of esters is 1. The molecule has 0 aliphatic rings. The molecule has 0 fully saturated rings. The summed E-state index contributed by atoms with van der Waals surface area (Å²) in [7, 11) is -4.01. The third-order valence-corrected chi connectivity index (χ3v) is 6.83. The van der Waals surface area contributed by atoms with Crippen LogP contribution in [0.25, 0.3) is 0 Å². The molecule has 2 aromatic carbocycles. The number of halogens is 1. The smallest absolute Gasteiger partial charge is 0.338 e. The predicted molar refractivity (Wildman–Crippen MR) is 125 cm³/mol. The van der Waals surface area contributed by atoms with Crippen LogP contribution in [-0.2, 0) is 19.6 Å². The summed E-state index contributed by atoms with van der Waals surface area (Å²) < 4.78 is 32.7. The molecule has 1 unspecified atom stereocenters. The summed E-state index contributed by atoms with van der Waals surface area (Å²) in [5, 5.41) is 3.21. The van der Waals surface area contributed by atoms with Crippen LogP contribution < -0.4 is 9.62 Å². The molecule has 0 aromatic heterocycles. The number of ether oxygens (including phenoxy) is 1. The zero-order valence-corrected chi connectivity index (χ0v) is 19.8. The minimum atomic E-state index is -4.01. The lowest BCUT2D eigenvalue weighted by Crippen LogP contribution is -2.38. The van der Waals surface area contributed by atoms with Gasteiger partial charge < -0.3 is 10.1 Å². The molecule has 0 saturated carbocycles. The summed E-state index contributed by atoms with van der Waals surface area (Å²) in [4.78, 5) is 24.3. The number of carbonyl (C=O) groups excluding carboxylic acids is 2. The highest BCUT2D eigenvalue weighted by atomic mass is 35.5. The van der Waals surface area contributed by atoms with Crippen LogP contribution in [0.2, 0.25) is 5.02 Å². The van der Waals surface area contributed by atoms with E-state index in [1.54, 1.807) is 24.3 Å². The van der Waals surface area contributed by atoms with Gasteiger partial charge in [0.25, 0.3) is 15.9 Å². The number of anilines is 1. The van der Waals surface area contributed by atoms with E-state index in [2.05, 4.69) is 11.9 Å². The first-order chi connectivity index (χ1) is 15.1. The van der Waals surface area contributed by atoms with E-state index in [1.807, 2.05) is 20.8 Å². The molecule has 0 bridgehead atoms. The Bertz CT molecular complexity index is 1070. The Morgan fingerprint density at radius 3 is 2.41 bits per heavy atom. The molecule has 2 rings (SSSR count). The monoisotopic (exact) mass is 478 g/mol. The molecule has 2 aromatic rings. The molecule has 0 saturated heterocycles. The SMILES string of the molecule is C=CCN(c1ccc(Cl)cc1)S(=O)(=O)c1cccc(C(=O)OCC(=O)NC(C)C(C)C)c1. The van der Waals surface area contributed by atoms with Gasteiger partial charge in [0.1, 0.15) is 0 Å². The van der Waals surface area contributed by atoms with Crippen LogP contribution in [-0.4, -0.2) is 39.5 Å². The Morgan fingerprint density at radius 2 is 1.81 bits per heavy atom. The lowest BCUT2D eigenvalue weighted by Gasteiger charge is -2.23. The number of hydrogen-bond donors (Lipinski definition) is 1. The average Bonchev–Trinajstić information content (AvgIpc) is 2.76. The summed E-state index contributed by atoms with van der Waals surface area (Å²) in [6.07, 6.45) is 1.46. The number of nitrogens with zero attached hydrogens (tertiary/aromatic N) is 1. The van der Waals surface area contributed by atoms with E-state index in [1.165, 1.54) is 30.3 Å². The molecule has 0 aliphatic carbocycles. The van der Waals surface area contributed by atoms with Gasteiger partial charge in [0.2, 0.25) is 0 Å². The van der Waals surface area contributed by atoms with E-state index in [0.717, 1.165) is 4.31 Å². The fourth-order valence-electron chi connectivity index (χ4n) is 2.65. The van der Waals surface area contributed by atoms with E-state index >= 15 is 0 Å². The largest absolute Gasteiger partial charge is 0.452 e. The fraction of sp³-hybridized carbons (Fsp3) is 0.304. The van der Waals surface area contributed by atoms with Crippen LogP contribution in [0.15, 0.2) is 66.1 Å². The predicted octanol–water partition coefficient (Wildman–Crippen LogP) is 4.04. The highest BCUT2D eigenvalue weighted by Crippen LogP contribution is 2.26. The number of rotatable bonds is 10. The van der Waals surface area contributed by atoms with E-state index in [9.17, 15) is 18.0 Å². The van der Waals surface area contributed by atoms with Crippen molar-refractivity contribution in [3.8, 4) is 0 Å². The van der Waals surface area contributed by atoms with Crippen LogP contribution in [0.3, 0.4) is 0 Å². The number of nitrogens with one attached hydrogen (secondary N) is 1. The van der Waals surface area contributed by atoms with E-state index in [-0.39, 0.29) is 29.0 Å². The van der Waals surface area contributed by atoms with Crippen molar-refractivity contribution in [3.63, 3.8) is 0 Å². The van der Waals surface area contributed by atoms with Crippen molar-refractivity contribution in [2.75, 3.05) is 17.5 Å². The highest BCUT2D eigenvalue weighted by Gasteiger charge is 2.25. The topological polar surface area (TPSA) is 92.8 Å². The van der Waals surface area contributed by atoms with Gasteiger partial charge in [0.15, 0.2) is 6.61 Å². The molecule has 9 heteroatoms. The number of sulfonamides is 1. The van der Waals surface area contributed by atoms with Gasteiger partial charge in [-0.3, -0.25) is 9.10 Å². The van der Waals surface area contributed by atoms with Crippen molar-refractivity contribution in [1.29, 1.82) is 0 Å². The molecule has 1 atom stereocenters. The molecule has 1 N–H and O–H groups in total. The van der Waals surface area contributed by atoms with Crippen molar-refractivity contribution in [2.45, 2.75) is 31.7 Å². The first-order valence-electron chi connectivity index (χ1n) is 10.0. The maximum Gasteiger partial charge on any atom is 0.338 e. The summed E-state index contributed by atoms with van der Waals surface area (Å²) in [6.45, 7) is 8.96. The van der Waals surface area contributed by atoms with E-state index in [0.29, 0.717) is 10.7 Å². The van der Waals surface area contributed by atoms with Crippen molar-refractivity contribution in [1.82, 2.24) is 5.32 Å². The Kier molecular flexibility index (Phi) is 8.86. The molecule has 0 heterocycles. The normalized spacial score (nSPS) is 12.2. The number of benzene rings is 2. The average molecular weight is 479 g/mol. The third kappa shape index (κ3) is 6.58. The first kappa shape index (κ1) is 25.4. The lowest BCUT2D eigenvalue weighted by atomic mass is 10.1. The molecule has 0 spiro atoms. The zero-order valence-electron chi connectivity index (χ0n) is 18.2. The van der Waals surface area contributed by atoms with Gasteiger partial charge >= 0.3 is 5.97 Å². The van der Waals surface area contributed by atoms with Crippen LogP contribution in [0.4, 0.5) is 5.69 Å². The first-order valence-corrected chi connectivity index (χ1v) is 11.8. The minimum Gasteiger partial charge on any atom is -0.452 e. The van der Waals surface area contributed by atoms with Crippen LogP contribution in [0.1, 0.15) is 31.1 Å². The zero-order chi connectivity index (χ0) is 23.9. The van der Waals surface area contributed by atoms with Gasteiger partial charge in [-0.15, -0.1) is 6.58 Å². The van der Waals surface area contributed by atoms with Crippen molar-refractivity contribution in [2.24, 2.45) is 5.92 Å².